The van der Waals surface area contributed by atoms with Gasteiger partial charge in [-0.15, -0.1) is 0 Å². The second kappa shape index (κ2) is 6.71. The van der Waals surface area contributed by atoms with Gasteiger partial charge in [-0.3, -0.25) is 4.79 Å². The lowest BCUT2D eigenvalue weighted by atomic mass is 10.1. The standard InChI is InChI=1S/C16H16N2O4/c1-10(2)15-14(17-9-22-15)16(21)18-12-6-3-11(4-7-12)5-8-13(19)20/h3-10H,1-2H3,(H,18,21)(H,19,20). The topological polar surface area (TPSA) is 92.4 Å². The maximum absolute atomic E-state index is 12.2. The molecule has 0 atom stereocenters. The Morgan fingerprint density at radius 1 is 1.27 bits per heavy atom. The van der Waals surface area contributed by atoms with Crippen LogP contribution in [0, 0.1) is 0 Å². The summed E-state index contributed by atoms with van der Waals surface area (Å²) in [5.74, 6) is -0.749. The summed E-state index contributed by atoms with van der Waals surface area (Å²) in [6.45, 7) is 3.84. The minimum absolute atomic E-state index is 0.0618. The molecule has 0 aliphatic carbocycles. The number of oxazole rings is 1. The number of nitrogens with zero attached hydrogens (tertiary/aromatic N) is 1. The average molecular weight is 300 g/mol. The van der Waals surface area contributed by atoms with E-state index in [1.165, 1.54) is 12.5 Å². The van der Waals surface area contributed by atoms with Crippen LogP contribution in [-0.4, -0.2) is 22.0 Å². The molecule has 0 aliphatic rings. The quantitative estimate of drug-likeness (QED) is 0.827. The van der Waals surface area contributed by atoms with Crippen LogP contribution in [-0.2, 0) is 4.79 Å². The van der Waals surface area contributed by atoms with Crippen LogP contribution in [0.3, 0.4) is 0 Å². The van der Waals surface area contributed by atoms with Gasteiger partial charge in [0.05, 0.1) is 0 Å². The van der Waals surface area contributed by atoms with Gasteiger partial charge in [0, 0.05) is 17.7 Å². The highest BCUT2D eigenvalue weighted by molar-refractivity contribution is 6.03. The second-order valence-corrected chi connectivity index (χ2v) is 4.97. The van der Waals surface area contributed by atoms with Gasteiger partial charge in [0.15, 0.2) is 12.1 Å². The van der Waals surface area contributed by atoms with Crippen molar-refractivity contribution in [2.24, 2.45) is 0 Å². The predicted octanol–water partition coefficient (Wildman–Crippen LogP) is 3.15. The van der Waals surface area contributed by atoms with E-state index in [0.29, 0.717) is 11.4 Å². The summed E-state index contributed by atoms with van der Waals surface area (Å²) in [6, 6.07) is 6.80. The Balaban J connectivity index is 2.09. The molecule has 2 rings (SSSR count). The Hall–Kier alpha value is -2.89. The van der Waals surface area contributed by atoms with Crippen molar-refractivity contribution in [3.8, 4) is 0 Å². The lowest BCUT2D eigenvalue weighted by Gasteiger charge is -2.06. The molecule has 0 fully saturated rings. The van der Waals surface area contributed by atoms with Gasteiger partial charge >= 0.3 is 5.97 Å². The highest BCUT2D eigenvalue weighted by Crippen LogP contribution is 2.19. The lowest BCUT2D eigenvalue weighted by Crippen LogP contribution is -2.14. The molecule has 1 aromatic carbocycles. The van der Waals surface area contributed by atoms with Crippen molar-refractivity contribution in [1.29, 1.82) is 0 Å². The molecule has 22 heavy (non-hydrogen) atoms. The SMILES string of the molecule is CC(C)c1ocnc1C(=O)Nc1ccc(C=CC(=O)O)cc1. The zero-order valence-corrected chi connectivity index (χ0v) is 12.2. The molecular formula is C16H16N2O4. The van der Waals surface area contributed by atoms with Gasteiger partial charge in [-0.25, -0.2) is 9.78 Å². The number of nitrogens with one attached hydrogen (secondary N) is 1. The third kappa shape index (κ3) is 3.82. The summed E-state index contributed by atoms with van der Waals surface area (Å²) in [5, 5.41) is 11.3. The van der Waals surface area contributed by atoms with E-state index in [2.05, 4.69) is 10.3 Å². The van der Waals surface area contributed by atoms with Crippen LogP contribution >= 0.6 is 0 Å². The van der Waals surface area contributed by atoms with Crippen LogP contribution in [0.15, 0.2) is 41.2 Å². The molecule has 114 valence electrons. The van der Waals surface area contributed by atoms with Gasteiger partial charge in [-0.2, -0.15) is 0 Å². The zero-order valence-electron chi connectivity index (χ0n) is 12.2. The Morgan fingerprint density at radius 2 is 1.95 bits per heavy atom. The molecule has 6 heteroatoms. The molecule has 0 unspecified atom stereocenters. The van der Waals surface area contributed by atoms with Crippen LogP contribution in [0.4, 0.5) is 5.69 Å². The molecule has 1 heterocycles. The first kappa shape index (κ1) is 15.5. The van der Waals surface area contributed by atoms with Gasteiger partial charge in [0.25, 0.3) is 5.91 Å². The number of amides is 1. The zero-order chi connectivity index (χ0) is 16.1. The van der Waals surface area contributed by atoms with Crippen molar-refractivity contribution in [2.45, 2.75) is 19.8 Å². The second-order valence-electron chi connectivity index (χ2n) is 4.97. The summed E-state index contributed by atoms with van der Waals surface area (Å²) >= 11 is 0. The first-order valence-electron chi connectivity index (χ1n) is 6.73. The van der Waals surface area contributed by atoms with Crippen LogP contribution in [0.2, 0.25) is 0 Å². The fourth-order valence-corrected chi connectivity index (χ4v) is 1.87. The third-order valence-corrected chi connectivity index (χ3v) is 2.92. The summed E-state index contributed by atoms with van der Waals surface area (Å²) in [5.41, 5.74) is 1.59. The molecule has 2 N–H and O–H groups in total. The van der Waals surface area contributed by atoms with Crippen molar-refractivity contribution in [3.63, 3.8) is 0 Å². The van der Waals surface area contributed by atoms with Crippen LogP contribution in [0.5, 0.6) is 0 Å². The molecular weight excluding hydrogens is 284 g/mol. The fraction of sp³-hybridized carbons (Fsp3) is 0.188. The number of anilines is 1. The average Bonchev–Trinajstić information content (AvgIpc) is 2.96. The third-order valence-electron chi connectivity index (χ3n) is 2.92. The molecule has 0 saturated carbocycles. The highest BCUT2D eigenvalue weighted by Gasteiger charge is 2.19. The van der Waals surface area contributed by atoms with Crippen molar-refractivity contribution >= 4 is 23.6 Å². The van der Waals surface area contributed by atoms with Gasteiger partial charge in [-0.1, -0.05) is 26.0 Å². The van der Waals surface area contributed by atoms with Crippen molar-refractivity contribution < 1.29 is 19.1 Å². The van der Waals surface area contributed by atoms with Crippen molar-refractivity contribution in [3.05, 3.63) is 53.8 Å². The predicted molar refractivity (Wildman–Crippen MR) is 81.7 cm³/mol. The summed E-state index contributed by atoms with van der Waals surface area (Å²) in [6.07, 6.45) is 3.78. The van der Waals surface area contributed by atoms with E-state index in [0.717, 1.165) is 11.6 Å². The number of aliphatic carboxylic acids is 1. The summed E-state index contributed by atoms with van der Waals surface area (Å²) < 4.78 is 5.22. The van der Waals surface area contributed by atoms with E-state index in [4.69, 9.17) is 9.52 Å². The van der Waals surface area contributed by atoms with E-state index >= 15 is 0 Å². The maximum Gasteiger partial charge on any atom is 0.328 e. The number of hydrogen-bond acceptors (Lipinski definition) is 4. The molecule has 2 aromatic rings. The lowest BCUT2D eigenvalue weighted by molar-refractivity contribution is -0.131. The minimum Gasteiger partial charge on any atom is -0.478 e. The number of aromatic nitrogens is 1. The Morgan fingerprint density at radius 3 is 2.55 bits per heavy atom. The minimum atomic E-state index is -1.01. The number of carbonyl (C=O) groups excluding carboxylic acids is 1. The van der Waals surface area contributed by atoms with Gasteiger partial charge in [0.2, 0.25) is 0 Å². The van der Waals surface area contributed by atoms with E-state index in [9.17, 15) is 9.59 Å². The number of carboxylic acid groups (broad SMARTS) is 1. The summed E-state index contributed by atoms with van der Waals surface area (Å²) in [4.78, 5) is 26.6. The van der Waals surface area contributed by atoms with Crippen molar-refractivity contribution in [1.82, 2.24) is 4.98 Å². The Labute approximate surface area is 127 Å². The van der Waals surface area contributed by atoms with Gasteiger partial charge in [-0.05, 0) is 23.8 Å². The molecule has 0 bridgehead atoms. The molecule has 0 radical (unpaired) electrons. The first-order valence-corrected chi connectivity index (χ1v) is 6.73. The smallest absolute Gasteiger partial charge is 0.328 e. The molecule has 0 aliphatic heterocycles. The van der Waals surface area contributed by atoms with Crippen LogP contribution in [0.25, 0.3) is 6.08 Å². The van der Waals surface area contributed by atoms with Gasteiger partial charge < -0.3 is 14.8 Å². The molecule has 1 amide bonds. The normalized spacial score (nSPS) is 11.0. The van der Waals surface area contributed by atoms with Crippen molar-refractivity contribution in [2.75, 3.05) is 5.32 Å². The number of carboxylic acids is 1. The van der Waals surface area contributed by atoms with E-state index < -0.39 is 5.97 Å². The number of carbonyl (C=O) groups is 2. The number of hydrogen-bond donors (Lipinski definition) is 2. The fourth-order valence-electron chi connectivity index (χ4n) is 1.87. The molecule has 0 saturated heterocycles. The van der Waals surface area contributed by atoms with Crippen LogP contribution < -0.4 is 5.32 Å². The largest absolute Gasteiger partial charge is 0.478 e. The Kier molecular flexibility index (Phi) is 4.73. The van der Waals surface area contributed by atoms with E-state index in [1.54, 1.807) is 24.3 Å². The first-order chi connectivity index (χ1) is 10.5. The number of benzene rings is 1. The number of rotatable bonds is 5. The van der Waals surface area contributed by atoms with E-state index in [-0.39, 0.29) is 17.5 Å². The molecule has 6 nitrogen and oxygen atoms in total. The highest BCUT2D eigenvalue weighted by atomic mass is 16.4. The maximum atomic E-state index is 12.2. The van der Waals surface area contributed by atoms with Gasteiger partial charge in [0.1, 0.15) is 5.76 Å². The summed E-state index contributed by atoms with van der Waals surface area (Å²) in [7, 11) is 0. The van der Waals surface area contributed by atoms with Crippen LogP contribution in [0.1, 0.15) is 41.6 Å². The van der Waals surface area contributed by atoms with E-state index in [1.807, 2.05) is 13.8 Å². The monoisotopic (exact) mass is 300 g/mol. The molecule has 1 aromatic heterocycles. The Bertz CT molecular complexity index is 699. The molecule has 0 spiro atoms.